The lowest BCUT2D eigenvalue weighted by molar-refractivity contribution is 0.322. The molecule has 0 aliphatic rings. The molecule has 1 rings (SSSR count). The molecule has 0 bridgehead atoms. The fraction of sp³-hybridized carbons (Fsp3) is 0.500. The largest absolute Gasteiger partial charge is 0.396 e. The van der Waals surface area contributed by atoms with E-state index >= 15 is 0 Å². The first kappa shape index (κ1) is 11.5. The van der Waals surface area contributed by atoms with E-state index in [1.165, 1.54) is 5.56 Å². The van der Waals surface area contributed by atoms with Crippen molar-refractivity contribution in [1.29, 1.82) is 0 Å². The molecule has 78 valence electrons. The predicted octanol–water partition coefficient (Wildman–Crippen LogP) is 1.20. The Morgan fingerprint density at radius 1 is 1.50 bits per heavy atom. The van der Waals surface area contributed by atoms with E-state index in [0.29, 0.717) is 5.75 Å². The van der Waals surface area contributed by atoms with Crippen LogP contribution in [0.2, 0.25) is 0 Å². The summed E-state index contributed by atoms with van der Waals surface area (Å²) in [5, 5.41) is 9.01. The van der Waals surface area contributed by atoms with Crippen LogP contribution in [0.5, 0.6) is 0 Å². The maximum atomic E-state index is 8.77. The van der Waals surface area contributed by atoms with Crippen molar-refractivity contribution in [3.05, 3.63) is 30.1 Å². The van der Waals surface area contributed by atoms with Gasteiger partial charge in [-0.2, -0.15) is 0 Å². The molecule has 2 unspecified atom stereocenters. The number of rotatable bonds is 5. The zero-order chi connectivity index (χ0) is 10.4. The van der Waals surface area contributed by atoms with Crippen LogP contribution in [0.15, 0.2) is 24.5 Å². The standard InChI is InChI=1S/C10H16N2OS/c1-8(11)10(14-7-6-13)9-2-4-12-5-3-9/h2-5,8,10,13H,6-7,11H2,1H3. The topological polar surface area (TPSA) is 59.1 Å². The number of aliphatic hydroxyl groups excluding tert-OH is 1. The summed E-state index contributed by atoms with van der Waals surface area (Å²) in [6, 6.07) is 4.02. The van der Waals surface area contributed by atoms with Gasteiger partial charge in [-0.3, -0.25) is 4.98 Å². The summed E-state index contributed by atoms with van der Waals surface area (Å²) < 4.78 is 0. The highest BCUT2D eigenvalue weighted by molar-refractivity contribution is 7.99. The molecule has 0 amide bonds. The molecule has 0 aliphatic heterocycles. The Morgan fingerprint density at radius 3 is 2.64 bits per heavy atom. The molecule has 3 nitrogen and oxygen atoms in total. The first-order valence-corrected chi connectivity index (χ1v) is 5.68. The second-order valence-corrected chi connectivity index (χ2v) is 4.40. The third kappa shape index (κ3) is 3.29. The average Bonchev–Trinajstić information content (AvgIpc) is 2.19. The molecule has 2 atom stereocenters. The van der Waals surface area contributed by atoms with E-state index in [2.05, 4.69) is 4.98 Å². The summed E-state index contributed by atoms with van der Waals surface area (Å²) in [4.78, 5) is 3.97. The highest BCUT2D eigenvalue weighted by Crippen LogP contribution is 2.30. The van der Waals surface area contributed by atoms with Gasteiger partial charge in [0.15, 0.2) is 0 Å². The van der Waals surface area contributed by atoms with Crippen molar-refractivity contribution >= 4 is 11.8 Å². The molecule has 4 heteroatoms. The van der Waals surface area contributed by atoms with E-state index in [0.717, 1.165) is 0 Å². The summed E-state index contributed by atoms with van der Waals surface area (Å²) in [7, 11) is 0. The van der Waals surface area contributed by atoms with Crippen LogP contribution in [-0.2, 0) is 0 Å². The van der Waals surface area contributed by atoms with Gasteiger partial charge in [0.2, 0.25) is 0 Å². The molecular weight excluding hydrogens is 196 g/mol. The minimum absolute atomic E-state index is 0.0777. The van der Waals surface area contributed by atoms with Gasteiger partial charge in [-0.05, 0) is 24.6 Å². The number of pyridine rings is 1. The molecule has 0 spiro atoms. The second kappa shape index (κ2) is 6.01. The molecule has 0 saturated carbocycles. The highest BCUT2D eigenvalue weighted by atomic mass is 32.2. The molecule has 0 aromatic carbocycles. The third-order valence-corrected chi connectivity index (χ3v) is 3.38. The van der Waals surface area contributed by atoms with Crippen molar-refractivity contribution in [2.75, 3.05) is 12.4 Å². The van der Waals surface area contributed by atoms with Crippen LogP contribution in [0.25, 0.3) is 0 Å². The molecule has 1 heterocycles. The Balaban J connectivity index is 2.68. The maximum Gasteiger partial charge on any atom is 0.0521 e. The third-order valence-electron chi connectivity index (χ3n) is 1.90. The van der Waals surface area contributed by atoms with Gasteiger partial charge in [0.25, 0.3) is 0 Å². The van der Waals surface area contributed by atoms with E-state index in [1.807, 2.05) is 19.1 Å². The van der Waals surface area contributed by atoms with Crippen LogP contribution in [0.4, 0.5) is 0 Å². The number of aromatic nitrogens is 1. The number of nitrogens with two attached hydrogens (primary N) is 1. The summed E-state index contributed by atoms with van der Waals surface area (Å²) in [5.41, 5.74) is 7.06. The van der Waals surface area contributed by atoms with Gasteiger partial charge < -0.3 is 10.8 Å². The Morgan fingerprint density at radius 2 is 2.14 bits per heavy atom. The quantitative estimate of drug-likeness (QED) is 0.770. The number of hydrogen-bond donors (Lipinski definition) is 2. The lowest BCUT2D eigenvalue weighted by Crippen LogP contribution is -2.23. The molecule has 3 N–H and O–H groups in total. The van der Waals surface area contributed by atoms with E-state index in [1.54, 1.807) is 24.2 Å². The van der Waals surface area contributed by atoms with Crippen molar-refractivity contribution in [3.63, 3.8) is 0 Å². The Kier molecular flexibility index (Phi) is 4.93. The van der Waals surface area contributed by atoms with E-state index in [-0.39, 0.29) is 17.9 Å². The number of nitrogens with zero attached hydrogens (tertiary/aromatic N) is 1. The fourth-order valence-electron chi connectivity index (χ4n) is 1.28. The SMILES string of the molecule is CC(N)C(SCCO)c1ccncc1. The Hall–Kier alpha value is -0.580. The molecule has 14 heavy (non-hydrogen) atoms. The van der Waals surface area contributed by atoms with Gasteiger partial charge in [0.05, 0.1) is 6.61 Å². The van der Waals surface area contributed by atoms with Crippen molar-refractivity contribution in [1.82, 2.24) is 4.98 Å². The van der Waals surface area contributed by atoms with Crippen LogP contribution in [-0.4, -0.2) is 28.5 Å². The monoisotopic (exact) mass is 212 g/mol. The van der Waals surface area contributed by atoms with Gasteiger partial charge in [-0.1, -0.05) is 0 Å². The molecule has 0 saturated heterocycles. The maximum absolute atomic E-state index is 8.77. The Bertz CT molecular complexity index is 254. The van der Waals surface area contributed by atoms with Crippen molar-refractivity contribution < 1.29 is 5.11 Å². The normalized spacial score (nSPS) is 15.1. The molecule has 1 aromatic heterocycles. The molecule has 0 aliphatic carbocycles. The number of aliphatic hydroxyl groups is 1. The van der Waals surface area contributed by atoms with Crippen molar-refractivity contribution in [2.45, 2.75) is 18.2 Å². The van der Waals surface area contributed by atoms with Crippen LogP contribution < -0.4 is 5.73 Å². The number of hydrogen-bond acceptors (Lipinski definition) is 4. The van der Waals surface area contributed by atoms with E-state index < -0.39 is 0 Å². The van der Waals surface area contributed by atoms with Crippen molar-refractivity contribution in [2.24, 2.45) is 5.73 Å². The van der Waals surface area contributed by atoms with Crippen LogP contribution in [0, 0.1) is 0 Å². The lowest BCUT2D eigenvalue weighted by atomic mass is 10.1. The first-order chi connectivity index (χ1) is 6.75. The average molecular weight is 212 g/mol. The zero-order valence-electron chi connectivity index (χ0n) is 8.26. The van der Waals surface area contributed by atoms with E-state index in [4.69, 9.17) is 10.8 Å². The van der Waals surface area contributed by atoms with Crippen LogP contribution in [0.1, 0.15) is 17.7 Å². The van der Waals surface area contributed by atoms with Crippen LogP contribution in [0.3, 0.4) is 0 Å². The van der Waals surface area contributed by atoms with Crippen LogP contribution >= 0.6 is 11.8 Å². The summed E-state index contributed by atoms with van der Waals surface area (Å²) in [5.74, 6) is 0.717. The minimum atomic E-state index is 0.0777. The smallest absolute Gasteiger partial charge is 0.0521 e. The van der Waals surface area contributed by atoms with Gasteiger partial charge in [0, 0.05) is 29.4 Å². The molecule has 0 fully saturated rings. The minimum Gasteiger partial charge on any atom is -0.396 e. The zero-order valence-corrected chi connectivity index (χ0v) is 9.07. The summed E-state index contributed by atoms with van der Waals surface area (Å²) in [6.45, 7) is 2.18. The van der Waals surface area contributed by atoms with Crippen molar-refractivity contribution in [3.8, 4) is 0 Å². The lowest BCUT2D eigenvalue weighted by Gasteiger charge is -2.20. The molecule has 0 radical (unpaired) electrons. The first-order valence-electron chi connectivity index (χ1n) is 4.63. The molecular formula is C10H16N2OS. The van der Waals surface area contributed by atoms with Gasteiger partial charge in [-0.15, -0.1) is 11.8 Å². The van der Waals surface area contributed by atoms with Gasteiger partial charge in [0.1, 0.15) is 0 Å². The van der Waals surface area contributed by atoms with Gasteiger partial charge in [-0.25, -0.2) is 0 Å². The summed E-state index contributed by atoms with van der Waals surface area (Å²) >= 11 is 1.68. The van der Waals surface area contributed by atoms with E-state index in [9.17, 15) is 0 Å². The second-order valence-electron chi connectivity index (χ2n) is 3.15. The number of thioether (sulfide) groups is 1. The highest BCUT2D eigenvalue weighted by Gasteiger charge is 2.15. The molecule has 1 aromatic rings. The Labute approximate surface area is 88.7 Å². The summed E-state index contributed by atoms with van der Waals surface area (Å²) in [6.07, 6.45) is 3.54. The van der Waals surface area contributed by atoms with Gasteiger partial charge >= 0.3 is 0 Å². The predicted molar refractivity (Wildman–Crippen MR) is 60.2 cm³/mol. The fourth-order valence-corrected chi connectivity index (χ4v) is 2.30.